The third-order valence-electron chi connectivity index (χ3n) is 2.55. The highest BCUT2D eigenvalue weighted by molar-refractivity contribution is 5.66. The minimum atomic E-state index is -0.536. The van der Waals surface area contributed by atoms with Crippen LogP contribution < -0.4 is 0 Å². The maximum absolute atomic E-state index is 11.0. The Labute approximate surface area is 120 Å². The van der Waals surface area contributed by atoms with Gasteiger partial charge in [-0.25, -0.2) is 0 Å². The van der Waals surface area contributed by atoms with E-state index in [1.807, 2.05) is 50.3 Å². The van der Waals surface area contributed by atoms with Crippen LogP contribution in [0, 0.1) is 11.8 Å². The molecular weight excluding hydrogens is 252 g/mol. The second-order valence-corrected chi connectivity index (χ2v) is 4.34. The van der Waals surface area contributed by atoms with E-state index in [2.05, 4.69) is 11.8 Å². The van der Waals surface area contributed by atoms with Crippen LogP contribution >= 0.6 is 0 Å². The van der Waals surface area contributed by atoms with Gasteiger partial charge in [0.15, 0.2) is 6.10 Å². The van der Waals surface area contributed by atoms with E-state index in [4.69, 9.17) is 9.47 Å². The van der Waals surface area contributed by atoms with Gasteiger partial charge in [-0.1, -0.05) is 48.2 Å². The number of hydrogen-bond acceptors (Lipinski definition) is 3. The summed E-state index contributed by atoms with van der Waals surface area (Å²) >= 11 is 0. The Balaban J connectivity index is 2.52. The van der Waals surface area contributed by atoms with Gasteiger partial charge >= 0.3 is 5.97 Å². The predicted molar refractivity (Wildman–Crippen MR) is 78.9 cm³/mol. The number of ether oxygens (including phenoxy) is 2. The van der Waals surface area contributed by atoms with Crippen LogP contribution in [0.5, 0.6) is 0 Å². The number of esters is 1. The number of carbonyl (C=O) groups is 1. The largest absolute Gasteiger partial charge is 0.447 e. The van der Waals surface area contributed by atoms with Crippen LogP contribution in [-0.4, -0.2) is 18.7 Å². The van der Waals surface area contributed by atoms with E-state index in [-0.39, 0.29) is 12.6 Å². The molecule has 1 atom stereocenters. The average molecular weight is 272 g/mol. The van der Waals surface area contributed by atoms with Gasteiger partial charge in [-0.15, -0.1) is 0 Å². The lowest BCUT2D eigenvalue weighted by Crippen LogP contribution is -2.20. The van der Waals surface area contributed by atoms with Crippen molar-refractivity contribution in [1.82, 2.24) is 0 Å². The summed E-state index contributed by atoms with van der Waals surface area (Å²) in [6.07, 6.45) is 1.37. The van der Waals surface area contributed by atoms with Gasteiger partial charge in [0.25, 0.3) is 0 Å². The summed E-state index contributed by atoms with van der Waals surface area (Å²) in [6.45, 7) is 5.93. The number of carbonyl (C=O) groups excluding carboxylic acids is 1. The van der Waals surface area contributed by atoms with E-state index in [0.29, 0.717) is 6.61 Å². The molecule has 0 aliphatic heterocycles. The van der Waals surface area contributed by atoms with Crippen molar-refractivity contribution in [3.05, 3.63) is 47.5 Å². The van der Waals surface area contributed by atoms with E-state index >= 15 is 0 Å². The molecule has 0 bridgehead atoms. The fourth-order valence-corrected chi connectivity index (χ4v) is 1.43. The van der Waals surface area contributed by atoms with Gasteiger partial charge in [0.2, 0.25) is 0 Å². The molecular formula is C17H20O3. The summed E-state index contributed by atoms with van der Waals surface area (Å²) in [4.78, 5) is 11.0. The molecule has 0 heterocycles. The maximum Gasteiger partial charge on any atom is 0.303 e. The molecule has 1 aromatic rings. The average Bonchev–Trinajstić information content (AvgIpc) is 2.44. The number of rotatable bonds is 5. The summed E-state index contributed by atoms with van der Waals surface area (Å²) in [5.74, 6) is 5.49. The summed E-state index contributed by atoms with van der Waals surface area (Å²) in [5, 5.41) is 0. The molecule has 3 nitrogen and oxygen atoms in total. The summed E-state index contributed by atoms with van der Waals surface area (Å²) in [5.41, 5.74) is 2.01. The fourth-order valence-electron chi connectivity index (χ4n) is 1.43. The molecule has 0 aliphatic carbocycles. The number of hydrogen-bond donors (Lipinski definition) is 0. The molecule has 1 rings (SSSR count). The van der Waals surface area contributed by atoms with E-state index in [1.165, 1.54) is 6.92 Å². The second kappa shape index (κ2) is 8.95. The normalized spacial score (nSPS) is 12.2. The summed E-state index contributed by atoms with van der Waals surface area (Å²) in [7, 11) is 0. The van der Waals surface area contributed by atoms with Crippen LogP contribution in [0.15, 0.2) is 42.0 Å². The molecule has 0 aromatic heterocycles. The number of allylic oxidation sites excluding steroid dienone is 2. The highest BCUT2D eigenvalue weighted by Gasteiger charge is 2.08. The second-order valence-electron chi connectivity index (χ2n) is 4.34. The van der Waals surface area contributed by atoms with E-state index in [1.54, 1.807) is 0 Å². The third-order valence-corrected chi connectivity index (χ3v) is 2.55. The van der Waals surface area contributed by atoms with Gasteiger partial charge in [0, 0.05) is 6.92 Å². The summed E-state index contributed by atoms with van der Waals surface area (Å²) < 4.78 is 10.7. The topological polar surface area (TPSA) is 35.5 Å². The van der Waals surface area contributed by atoms with Gasteiger partial charge in [-0.3, -0.25) is 4.79 Å². The highest BCUT2D eigenvalue weighted by Crippen LogP contribution is 2.02. The first-order valence-electron chi connectivity index (χ1n) is 6.55. The van der Waals surface area contributed by atoms with Gasteiger partial charge in [0.1, 0.15) is 0 Å². The zero-order chi connectivity index (χ0) is 14.8. The molecule has 1 unspecified atom stereocenters. The zero-order valence-electron chi connectivity index (χ0n) is 12.2. The van der Waals surface area contributed by atoms with Crippen molar-refractivity contribution in [2.24, 2.45) is 0 Å². The molecule has 0 saturated heterocycles. The Kier molecular flexibility index (Phi) is 7.16. The molecule has 3 heteroatoms. The molecule has 0 fully saturated rings. The van der Waals surface area contributed by atoms with E-state index in [9.17, 15) is 4.79 Å². The SMILES string of the molecule is C/C=C(\C)C#CC(COCc1ccccc1)OC(C)=O. The maximum atomic E-state index is 11.0. The Morgan fingerprint density at radius 2 is 2.00 bits per heavy atom. The third kappa shape index (κ3) is 6.77. The molecule has 0 amide bonds. The van der Waals surface area contributed by atoms with Crippen molar-refractivity contribution in [2.75, 3.05) is 6.61 Å². The molecule has 0 aliphatic rings. The molecule has 0 spiro atoms. The highest BCUT2D eigenvalue weighted by atomic mass is 16.6. The minimum absolute atomic E-state index is 0.262. The van der Waals surface area contributed by atoms with E-state index in [0.717, 1.165) is 11.1 Å². The van der Waals surface area contributed by atoms with Crippen molar-refractivity contribution in [3.63, 3.8) is 0 Å². The van der Waals surface area contributed by atoms with Crippen molar-refractivity contribution >= 4 is 5.97 Å². The van der Waals surface area contributed by atoms with Crippen LogP contribution in [0.4, 0.5) is 0 Å². The van der Waals surface area contributed by atoms with Crippen LogP contribution in [0.25, 0.3) is 0 Å². The lowest BCUT2D eigenvalue weighted by atomic mass is 10.2. The van der Waals surface area contributed by atoms with Crippen LogP contribution in [0.3, 0.4) is 0 Å². The van der Waals surface area contributed by atoms with Gasteiger partial charge in [0.05, 0.1) is 13.2 Å². The first kappa shape index (κ1) is 16.0. The Morgan fingerprint density at radius 1 is 1.30 bits per heavy atom. The van der Waals surface area contributed by atoms with Crippen molar-refractivity contribution in [2.45, 2.75) is 33.5 Å². The number of benzene rings is 1. The monoisotopic (exact) mass is 272 g/mol. The molecule has 0 N–H and O–H groups in total. The Bertz CT molecular complexity index is 506. The summed E-state index contributed by atoms with van der Waals surface area (Å²) in [6, 6.07) is 9.83. The quantitative estimate of drug-likeness (QED) is 0.610. The van der Waals surface area contributed by atoms with Gasteiger partial charge in [-0.05, 0) is 25.0 Å². The molecule has 1 aromatic carbocycles. The molecule has 106 valence electrons. The van der Waals surface area contributed by atoms with E-state index < -0.39 is 6.10 Å². The van der Waals surface area contributed by atoms with Crippen molar-refractivity contribution in [3.8, 4) is 11.8 Å². The zero-order valence-corrected chi connectivity index (χ0v) is 12.2. The Hall–Kier alpha value is -2.05. The van der Waals surface area contributed by atoms with Gasteiger partial charge in [-0.2, -0.15) is 0 Å². The predicted octanol–water partition coefficient (Wildman–Crippen LogP) is 3.10. The smallest absolute Gasteiger partial charge is 0.303 e. The molecule has 0 saturated carbocycles. The van der Waals surface area contributed by atoms with Crippen molar-refractivity contribution < 1.29 is 14.3 Å². The van der Waals surface area contributed by atoms with Crippen LogP contribution in [0.1, 0.15) is 26.3 Å². The van der Waals surface area contributed by atoms with Crippen LogP contribution in [-0.2, 0) is 20.9 Å². The van der Waals surface area contributed by atoms with Crippen LogP contribution in [0.2, 0.25) is 0 Å². The fraction of sp³-hybridized carbons (Fsp3) is 0.353. The molecule has 20 heavy (non-hydrogen) atoms. The lowest BCUT2D eigenvalue weighted by Gasteiger charge is -2.11. The molecule has 0 radical (unpaired) electrons. The first-order chi connectivity index (χ1) is 9.61. The Morgan fingerprint density at radius 3 is 2.60 bits per heavy atom. The minimum Gasteiger partial charge on any atom is -0.447 e. The van der Waals surface area contributed by atoms with Crippen molar-refractivity contribution in [1.29, 1.82) is 0 Å². The standard InChI is InChI=1S/C17H20O3/c1-4-14(2)10-11-17(20-15(3)18)13-19-12-16-8-6-5-7-9-16/h4-9,17H,12-13H2,1-3H3/b14-4+. The lowest BCUT2D eigenvalue weighted by molar-refractivity contribution is -0.146. The van der Waals surface area contributed by atoms with Gasteiger partial charge < -0.3 is 9.47 Å². The first-order valence-corrected chi connectivity index (χ1v) is 6.55.